The SMILES string of the molecule is C=CC=CB1OC(C)(C)C(C)(C)O1. The van der Waals surface area contributed by atoms with Crippen LogP contribution < -0.4 is 0 Å². The van der Waals surface area contributed by atoms with Crippen LogP contribution in [0.4, 0.5) is 0 Å². The highest BCUT2D eigenvalue weighted by atomic mass is 16.7. The van der Waals surface area contributed by atoms with E-state index in [0.29, 0.717) is 0 Å². The van der Waals surface area contributed by atoms with Gasteiger partial charge in [0.1, 0.15) is 0 Å². The topological polar surface area (TPSA) is 18.5 Å². The van der Waals surface area contributed by atoms with Gasteiger partial charge >= 0.3 is 7.12 Å². The van der Waals surface area contributed by atoms with E-state index in [1.807, 2.05) is 39.7 Å². The summed E-state index contributed by atoms with van der Waals surface area (Å²) in [4.78, 5) is 0. The molecule has 1 saturated heterocycles. The van der Waals surface area contributed by atoms with E-state index in [-0.39, 0.29) is 18.3 Å². The summed E-state index contributed by atoms with van der Waals surface area (Å²) >= 11 is 0. The Kier molecular flexibility index (Phi) is 2.69. The van der Waals surface area contributed by atoms with Crippen LogP contribution in [0, 0.1) is 0 Å². The molecule has 72 valence electrons. The van der Waals surface area contributed by atoms with Crippen molar-refractivity contribution in [3.05, 3.63) is 24.7 Å². The number of rotatable bonds is 2. The minimum atomic E-state index is -0.247. The molecule has 0 aromatic carbocycles. The molecule has 0 saturated carbocycles. The normalized spacial score (nSPS) is 25.4. The summed E-state index contributed by atoms with van der Waals surface area (Å²) in [6.45, 7) is 11.7. The lowest BCUT2D eigenvalue weighted by Crippen LogP contribution is -2.41. The lowest BCUT2D eigenvalue weighted by atomic mass is 9.90. The molecule has 3 heteroatoms. The molecule has 2 nitrogen and oxygen atoms in total. The van der Waals surface area contributed by atoms with Crippen LogP contribution in [0.25, 0.3) is 0 Å². The average molecular weight is 180 g/mol. The maximum atomic E-state index is 5.71. The van der Waals surface area contributed by atoms with Crippen molar-refractivity contribution in [1.82, 2.24) is 0 Å². The lowest BCUT2D eigenvalue weighted by Gasteiger charge is -2.32. The molecule has 0 radical (unpaired) electrons. The Morgan fingerprint density at radius 2 is 1.54 bits per heavy atom. The first-order valence-corrected chi connectivity index (χ1v) is 4.54. The summed E-state index contributed by atoms with van der Waals surface area (Å²) in [5.74, 6) is 1.86. The third-order valence-electron chi connectivity index (χ3n) is 2.68. The molecule has 1 fully saturated rings. The van der Waals surface area contributed by atoms with Gasteiger partial charge in [0, 0.05) is 0 Å². The van der Waals surface area contributed by atoms with E-state index in [4.69, 9.17) is 9.31 Å². The van der Waals surface area contributed by atoms with Gasteiger partial charge < -0.3 is 9.31 Å². The second-order valence-corrected chi connectivity index (χ2v) is 4.25. The van der Waals surface area contributed by atoms with E-state index < -0.39 is 0 Å². The Morgan fingerprint density at radius 1 is 1.08 bits per heavy atom. The Hall–Kier alpha value is -0.535. The van der Waals surface area contributed by atoms with Crippen LogP contribution in [-0.2, 0) is 9.31 Å². The van der Waals surface area contributed by atoms with E-state index in [2.05, 4.69) is 6.58 Å². The van der Waals surface area contributed by atoms with Gasteiger partial charge in [-0.15, -0.1) is 0 Å². The minimum absolute atomic E-state index is 0.247. The predicted molar refractivity (Wildman–Crippen MR) is 55.4 cm³/mol. The van der Waals surface area contributed by atoms with E-state index in [1.54, 1.807) is 6.08 Å². The molecule has 1 aliphatic rings. The highest BCUT2D eigenvalue weighted by Gasteiger charge is 2.49. The van der Waals surface area contributed by atoms with Crippen LogP contribution in [0.2, 0.25) is 0 Å². The number of hydrogen-bond donors (Lipinski definition) is 0. The molecule has 0 unspecified atom stereocenters. The molecule has 0 bridgehead atoms. The van der Waals surface area contributed by atoms with Crippen LogP contribution in [0.5, 0.6) is 0 Å². The van der Waals surface area contributed by atoms with Crippen LogP contribution in [0.15, 0.2) is 24.7 Å². The smallest absolute Gasteiger partial charge is 0.400 e. The highest BCUT2D eigenvalue weighted by molar-refractivity contribution is 6.51. The first kappa shape index (κ1) is 10.5. The molecule has 1 rings (SSSR count). The third-order valence-corrected chi connectivity index (χ3v) is 2.68. The zero-order chi connectivity index (χ0) is 10.1. The highest BCUT2D eigenvalue weighted by Crippen LogP contribution is 2.36. The minimum Gasteiger partial charge on any atom is -0.400 e. The largest absolute Gasteiger partial charge is 0.487 e. The van der Waals surface area contributed by atoms with E-state index in [0.717, 1.165) is 0 Å². The molecule has 0 atom stereocenters. The summed E-state index contributed by atoms with van der Waals surface area (Å²) in [7, 11) is -0.247. The third kappa shape index (κ3) is 2.04. The molecule has 0 aromatic rings. The first-order chi connectivity index (χ1) is 5.89. The Labute approximate surface area is 80.8 Å². The molecular formula is C10H17BO2. The van der Waals surface area contributed by atoms with Crippen LogP contribution in [0.1, 0.15) is 27.7 Å². The fourth-order valence-corrected chi connectivity index (χ4v) is 1.14. The number of hydrogen-bond acceptors (Lipinski definition) is 2. The Balaban J connectivity index is 2.70. The standard InChI is InChI=1S/C10H17BO2/c1-6-7-8-11-12-9(2,3)10(4,5)13-11/h6-8H,1H2,2-5H3. The van der Waals surface area contributed by atoms with Crippen LogP contribution >= 0.6 is 0 Å². The van der Waals surface area contributed by atoms with Crippen molar-refractivity contribution < 1.29 is 9.31 Å². The summed E-state index contributed by atoms with van der Waals surface area (Å²) < 4.78 is 11.4. The van der Waals surface area contributed by atoms with Crippen LogP contribution in [-0.4, -0.2) is 18.3 Å². The second-order valence-electron chi connectivity index (χ2n) is 4.25. The first-order valence-electron chi connectivity index (χ1n) is 4.54. The molecule has 0 aliphatic carbocycles. The van der Waals surface area contributed by atoms with Crippen molar-refractivity contribution in [2.45, 2.75) is 38.9 Å². The van der Waals surface area contributed by atoms with Gasteiger partial charge in [-0.1, -0.05) is 24.7 Å². The lowest BCUT2D eigenvalue weighted by molar-refractivity contribution is 0.00578. The van der Waals surface area contributed by atoms with Crippen molar-refractivity contribution in [2.75, 3.05) is 0 Å². The molecule has 0 aromatic heterocycles. The summed E-state index contributed by atoms with van der Waals surface area (Å²) in [6, 6.07) is 0. The average Bonchev–Trinajstić information content (AvgIpc) is 2.17. The van der Waals surface area contributed by atoms with Gasteiger partial charge in [0.15, 0.2) is 0 Å². The fourth-order valence-electron chi connectivity index (χ4n) is 1.14. The molecule has 1 aliphatic heterocycles. The van der Waals surface area contributed by atoms with E-state index in [1.165, 1.54) is 0 Å². The van der Waals surface area contributed by atoms with Gasteiger partial charge in [-0.2, -0.15) is 0 Å². The zero-order valence-corrected chi connectivity index (χ0v) is 8.83. The van der Waals surface area contributed by atoms with Crippen molar-refractivity contribution in [1.29, 1.82) is 0 Å². The van der Waals surface area contributed by atoms with Gasteiger partial charge in [-0.3, -0.25) is 0 Å². The molecule has 13 heavy (non-hydrogen) atoms. The maximum Gasteiger partial charge on any atom is 0.487 e. The monoisotopic (exact) mass is 180 g/mol. The van der Waals surface area contributed by atoms with Crippen molar-refractivity contribution in [2.24, 2.45) is 0 Å². The van der Waals surface area contributed by atoms with Crippen molar-refractivity contribution in [3.63, 3.8) is 0 Å². The molecular weight excluding hydrogens is 163 g/mol. The molecule has 1 heterocycles. The van der Waals surface area contributed by atoms with Gasteiger partial charge in [0.25, 0.3) is 0 Å². The van der Waals surface area contributed by atoms with Crippen molar-refractivity contribution >= 4 is 7.12 Å². The Bertz CT molecular complexity index is 215. The molecule has 0 spiro atoms. The second kappa shape index (κ2) is 3.31. The predicted octanol–water partition coefficient (Wildman–Crippen LogP) is 2.36. The van der Waals surface area contributed by atoms with E-state index in [9.17, 15) is 0 Å². The summed E-state index contributed by atoms with van der Waals surface area (Å²) in [5, 5.41) is 0. The Morgan fingerprint density at radius 3 is 1.92 bits per heavy atom. The zero-order valence-electron chi connectivity index (χ0n) is 8.83. The van der Waals surface area contributed by atoms with Gasteiger partial charge in [-0.05, 0) is 27.7 Å². The molecule has 0 N–H and O–H groups in total. The van der Waals surface area contributed by atoms with Crippen LogP contribution in [0.3, 0.4) is 0 Å². The fraction of sp³-hybridized carbons (Fsp3) is 0.600. The van der Waals surface area contributed by atoms with Gasteiger partial charge in [0.05, 0.1) is 11.2 Å². The van der Waals surface area contributed by atoms with E-state index >= 15 is 0 Å². The summed E-state index contributed by atoms with van der Waals surface area (Å²) in [5.41, 5.74) is -0.494. The summed E-state index contributed by atoms with van der Waals surface area (Å²) in [6.07, 6.45) is 3.55. The molecule has 0 amide bonds. The van der Waals surface area contributed by atoms with Gasteiger partial charge in [0.2, 0.25) is 0 Å². The number of allylic oxidation sites excluding steroid dienone is 2. The maximum absolute atomic E-state index is 5.71. The quantitative estimate of drug-likeness (QED) is 0.479. The van der Waals surface area contributed by atoms with Crippen molar-refractivity contribution in [3.8, 4) is 0 Å². The van der Waals surface area contributed by atoms with Gasteiger partial charge in [-0.25, -0.2) is 0 Å².